The molecule has 190 valence electrons. The van der Waals surface area contributed by atoms with Crippen LogP contribution in [0.3, 0.4) is 0 Å². The number of hydrogen-bond donors (Lipinski definition) is 3. The summed E-state index contributed by atoms with van der Waals surface area (Å²) < 4.78 is 10.8. The lowest BCUT2D eigenvalue weighted by Gasteiger charge is -2.39. The third kappa shape index (κ3) is 7.61. The van der Waals surface area contributed by atoms with Crippen LogP contribution < -0.4 is 10.6 Å². The molecule has 0 unspecified atom stereocenters. The second kappa shape index (κ2) is 11.4. The molecule has 11 heteroatoms. The van der Waals surface area contributed by atoms with Gasteiger partial charge in [-0.25, -0.2) is 14.6 Å². The molecule has 0 bridgehead atoms. The normalized spacial score (nSPS) is 18.0. The van der Waals surface area contributed by atoms with E-state index in [4.69, 9.17) is 21.1 Å². The Kier molecular flexibility index (Phi) is 8.61. The summed E-state index contributed by atoms with van der Waals surface area (Å²) in [6.45, 7) is 7.83. The highest BCUT2D eigenvalue weighted by Gasteiger charge is 2.36. The van der Waals surface area contributed by atoms with E-state index in [0.717, 1.165) is 5.56 Å². The molecular formula is C24H32ClN5O5. The Labute approximate surface area is 209 Å². The van der Waals surface area contributed by atoms with Gasteiger partial charge in [-0.05, 0) is 39.2 Å². The molecule has 1 saturated heterocycles. The molecule has 35 heavy (non-hydrogen) atoms. The van der Waals surface area contributed by atoms with Crippen molar-refractivity contribution in [1.82, 2.24) is 25.5 Å². The van der Waals surface area contributed by atoms with Crippen molar-refractivity contribution in [2.45, 2.75) is 64.8 Å². The maximum atomic E-state index is 12.8. The second-order valence-corrected chi connectivity index (χ2v) is 9.67. The highest BCUT2D eigenvalue weighted by molar-refractivity contribution is 6.30. The van der Waals surface area contributed by atoms with Gasteiger partial charge in [-0.3, -0.25) is 4.79 Å². The third-order valence-corrected chi connectivity index (χ3v) is 5.71. The number of nitrogens with zero attached hydrogens (tertiary/aromatic N) is 2. The first-order valence-corrected chi connectivity index (χ1v) is 11.9. The van der Waals surface area contributed by atoms with Crippen LogP contribution in [-0.4, -0.2) is 63.7 Å². The number of benzene rings is 1. The van der Waals surface area contributed by atoms with E-state index in [2.05, 4.69) is 20.6 Å². The Hall–Kier alpha value is -3.27. The van der Waals surface area contributed by atoms with E-state index in [1.54, 1.807) is 20.8 Å². The number of ether oxygens (including phenoxy) is 2. The average molecular weight is 506 g/mol. The fourth-order valence-electron chi connectivity index (χ4n) is 3.65. The molecule has 0 aliphatic carbocycles. The lowest BCUT2D eigenvalue weighted by Crippen LogP contribution is -2.61. The molecule has 10 nitrogen and oxygen atoms in total. The number of aryl methyl sites for hydroxylation is 1. The molecule has 2 aromatic rings. The van der Waals surface area contributed by atoms with Crippen LogP contribution in [0, 0.1) is 0 Å². The molecule has 0 radical (unpaired) electrons. The van der Waals surface area contributed by atoms with Crippen LogP contribution in [0.1, 0.15) is 56.0 Å². The van der Waals surface area contributed by atoms with Gasteiger partial charge in [0.1, 0.15) is 12.2 Å². The Balaban J connectivity index is 1.68. The summed E-state index contributed by atoms with van der Waals surface area (Å²) in [6, 6.07) is 8.19. The van der Waals surface area contributed by atoms with Crippen LogP contribution in [0.2, 0.25) is 5.15 Å². The minimum Gasteiger partial charge on any atom is -0.445 e. The van der Waals surface area contributed by atoms with Gasteiger partial charge in [0.15, 0.2) is 11.0 Å². The number of nitrogens with one attached hydrogen (secondary N) is 3. The summed E-state index contributed by atoms with van der Waals surface area (Å²) in [5.74, 6) is -0.362. The van der Waals surface area contributed by atoms with Crippen molar-refractivity contribution in [2.24, 2.45) is 0 Å². The zero-order chi connectivity index (χ0) is 25.6. The van der Waals surface area contributed by atoms with Crippen molar-refractivity contribution in [3.8, 4) is 0 Å². The molecule has 0 saturated carbocycles. The highest BCUT2D eigenvalue weighted by atomic mass is 35.5. The molecule has 2 heterocycles. The molecule has 1 aromatic heterocycles. The summed E-state index contributed by atoms with van der Waals surface area (Å²) in [4.78, 5) is 46.5. The first-order chi connectivity index (χ1) is 16.6. The standard InChI is InChI=1S/C24H32ClN5O5/c1-5-16-19(25)29-20(26-16)21(31)27-17-11-12-30(23(33)35-24(2,3)4)13-18(17)28-22(32)34-14-15-9-7-6-8-10-15/h6-10,17-18H,5,11-14H2,1-4H3,(H,26,29)(H,27,31)(H,28,32)/t17-,18-/m0/s1. The van der Waals surface area contributed by atoms with Crippen molar-refractivity contribution >= 4 is 29.7 Å². The van der Waals surface area contributed by atoms with E-state index in [-0.39, 0.29) is 24.1 Å². The van der Waals surface area contributed by atoms with Crippen LogP contribution in [0.5, 0.6) is 0 Å². The molecule has 1 fully saturated rings. The molecule has 0 spiro atoms. The van der Waals surface area contributed by atoms with E-state index >= 15 is 0 Å². The summed E-state index contributed by atoms with van der Waals surface area (Å²) in [5.41, 5.74) is 0.846. The van der Waals surface area contributed by atoms with Crippen molar-refractivity contribution in [1.29, 1.82) is 0 Å². The molecule has 1 aromatic carbocycles. The number of aromatic nitrogens is 2. The van der Waals surface area contributed by atoms with Crippen LogP contribution in [-0.2, 0) is 22.5 Å². The number of carbonyl (C=O) groups excluding carboxylic acids is 3. The molecule has 1 aliphatic rings. The van der Waals surface area contributed by atoms with Gasteiger partial charge in [-0.1, -0.05) is 48.9 Å². The smallest absolute Gasteiger partial charge is 0.410 e. The molecule has 3 amide bonds. The minimum absolute atomic E-state index is 0.0897. The monoisotopic (exact) mass is 505 g/mol. The first-order valence-electron chi connectivity index (χ1n) is 11.6. The van der Waals surface area contributed by atoms with E-state index in [9.17, 15) is 14.4 Å². The number of piperidine rings is 1. The summed E-state index contributed by atoms with van der Waals surface area (Å²) in [5, 5.41) is 5.93. The number of imidazole rings is 1. The number of aromatic amines is 1. The van der Waals surface area contributed by atoms with Crippen LogP contribution in [0.25, 0.3) is 0 Å². The molecule has 3 N–H and O–H groups in total. The van der Waals surface area contributed by atoms with Crippen LogP contribution in [0.4, 0.5) is 9.59 Å². The zero-order valence-corrected chi connectivity index (χ0v) is 21.1. The van der Waals surface area contributed by atoms with Gasteiger partial charge >= 0.3 is 12.2 Å². The summed E-state index contributed by atoms with van der Waals surface area (Å²) >= 11 is 6.07. The van der Waals surface area contributed by atoms with E-state index in [1.165, 1.54) is 4.90 Å². The van der Waals surface area contributed by atoms with Gasteiger partial charge < -0.3 is 30.0 Å². The second-order valence-electron chi connectivity index (χ2n) is 9.32. The van der Waals surface area contributed by atoms with Crippen molar-refractivity contribution < 1.29 is 23.9 Å². The third-order valence-electron chi connectivity index (χ3n) is 5.39. The number of halogens is 1. The lowest BCUT2D eigenvalue weighted by atomic mass is 9.99. The first kappa shape index (κ1) is 26.3. The maximum absolute atomic E-state index is 12.8. The van der Waals surface area contributed by atoms with Gasteiger partial charge in [0.05, 0.1) is 17.8 Å². The summed E-state index contributed by atoms with van der Waals surface area (Å²) in [6.07, 6.45) is -0.148. The Bertz CT molecular complexity index is 1040. The highest BCUT2D eigenvalue weighted by Crippen LogP contribution is 2.18. The number of hydrogen-bond acceptors (Lipinski definition) is 6. The SMILES string of the molecule is CCc1[nH]c(C(=O)N[C@H]2CCN(C(=O)OC(C)(C)C)C[C@@H]2NC(=O)OCc2ccccc2)nc1Cl. The van der Waals surface area contributed by atoms with Crippen molar-refractivity contribution in [3.05, 3.63) is 52.6 Å². The van der Waals surface area contributed by atoms with Crippen LogP contribution >= 0.6 is 11.6 Å². The van der Waals surface area contributed by atoms with E-state index < -0.39 is 35.8 Å². The number of H-pyrrole nitrogens is 1. The maximum Gasteiger partial charge on any atom is 0.410 e. The Morgan fingerprint density at radius 1 is 1.17 bits per heavy atom. The topological polar surface area (TPSA) is 126 Å². The van der Waals surface area contributed by atoms with E-state index in [1.807, 2.05) is 37.3 Å². The van der Waals surface area contributed by atoms with Crippen LogP contribution in [0.15, 0.2) is 30.3 Å². The van der Waals surface area contributed by atoms with Gasteiger partial charge in [0, 0.05) is 13.1 Å². The predicted octanol–water partition coefficient (Wildman–Crippen LogP) is 3.66. The molecular weight excluding hydrogens is 474 g/mol. The lowest BCUT2D eigenvalue weighted by molar-refractivity contribution is 0.0158. The fourth-order valence-corrected chi connectivity index (χ4v) is 3.91. The van der Waals surface area contributed by atoms with Crippen molar-refractivity contribution in [3.63, 3.8) is 0 Å². The van der Waals surface area contributed by atoms with Gasteiger partial charge in [0.2, 0.25) is 0 Å². The largest absolute Gasteiger partial charge is 0.445 e. The Morgan fingerprint density at radius 3 is 2.51 bits per heavy atom. The van der Waals surface area contributed by atoms with Gasteiger partial charge in [-0.15, -0.1) is 0 Å². The minimum atomic E-state index is -0.658. The average Bonchev–Trinajstić information content (AvgIpc) is 3.19. The quantitative estimate of drug-likeness (QED) is 0.550. The zero-order valence-electron chi connectivity index (χ0n) is 20.4. The number of rotatable bonds is 6. The summed E-state index contributed by atoms with van der Waals surface area (Å²) in [7, 11) is 0. The number of alkyl carbamates (subject to hydrolysis) is 1. The Morgan fingerprint density at radius 2 is 1.89 bits per heavy atom. The van der Waals surface area contributed by atoms with Gasteiger partial charge in [-0.2, -0.15) is 0 Å². The molecule has 1 aliphatic heterocycles. The molecule has 3 rings (SSSR count). The number of likely N-dealkylation sites (tertiary alicyclic amines) is 1. The predicted molar refractivity (Wildman–Crippen MR) is 130 cm³/mol. The molecule has 2 atom stereocenters. The van der Waals surface area contributed by atoms with E-state index in [0.29, 0.717) is 25.1 Å². The van der Waals surface area contributed by atoms with Crippen molar-refractivity contribution in [2.75, 3.05) is 13.1 Å². The van der Waals surface area contributed by atoms with Gasteiger partial charge in [0.25, 0.3) is 5.91 Å². The fraction of sp³-hybridized carbons (Fsp3) is 0.500. The number of amides is 3. The number of carbonyl (C=O) groups is 3.